The van der Waals surface area contributed by atoms with Gasteiger partial charge in [-0.05, 0) is 24.6 Å². The second-order valence-corrected chi connectivity index (χ2v) is 6.15. The van der Waals surface area contributed by atoms with Crippen molar-refractivity contribution in [3.8, 4) is 0 Å². The maximum absolute atomic E-state index is 11.6. The van der Waals surface area contributed by atoms with E-state index in [1.54, 1.807) is 31.3 Å². The largest absolute Gasteiger partial charge is 0.329 e. The molecule has 5 nitrogen and oxygen atoms in total. The van der Waals surface area contributed by atoms with E-state index in [4.69, 9.17) is 9.79 Å². The average molecular weight is 285 g/mol. The highest BCUT2D eigenvalue weighted by Crippen LogP contribution is 2.38. The molecule has 0 aliphatic rings. The van der Waals surface area contributed by atoms with Crippen LogP contribution >= 0.6 is 7.60 Å². The van der Waals surface area contributed by atoms with Crippen molar-refractivity contribution in [1.82, 2.24) is 5.32 Å². The first-order valence-corrected chi connectivity index (χ1v) is 7.98. The quantitative estimate of drug-likeness (QED) is 0.660. The second kappa shape index (κ2) is 6.96. The van der Waals surface area contributed by atoms with Gasteiger partial charge in [0.2, 0.25) is 0 Å². The highest BCUT2D eigenvalue weighted by Gasteiger charge is 2.16. The first-order valence-electron chi connectivity index (χ1n) is 6.18. The molecule has 0 spiro atoms. The minimum absolute atomic E-state index is 0.154. The number of nitrogens with one attached hydrogen (secondary N) is 1. The molecule has 0 fully saturated rings. The van der Waals surface area contributed by atoms with Crippen molar-refractivity contribution in [1.29, 1.82) is 0 Å². The Kier molecular flexibility index (Phi) is 5.88. The fourth-order valence-corrected chi connectivity index (χ4v) is 2.56. The lowest BCUT2D eigenvalue weighted by Crippen LogP contribution is -2.35. The SMILES string of the molecule is CCC(=O)C(Cc1ccc(CP(=O)(O)O)cc1)NC. The van der Waals surface area contributed by atoms with Crippen LogP contribution in [0.15, 0.2) is 24.3 Å². The molecule has 0 heterocycles. The molecular formula is C13H20NO4P. The normalized spacial score (nSPS) is 13.3. The van der Waals surface area contributed by atoms with Crippen LogP contribution in [0.25, 0.3) is 0 Å². The number of carbonyl (C=O) groups is 1. The molecule has 1 atom stereocenters. The first kappa shape index (κ1) is 16.1. The van der Waals surface area contributed by atoms with Crippen LogP contribution in [0.1, 0.15) is 24.5 Å². The van der Waals surface area contributed by atoms with Gasteiger partial charge >= 0.3 is 7.60 Å². The van der Waals surface area contributed by atoms with Gasteiger partial charge < -0.3 is 15.1 Å². The first-order chi connectivity index (χ1) is 8.85. The number of likely N-dealkylation sites (N-methyl/N-ethyl adjacent to an activating group) is 1. The van der Waals surface area contributed by atoms with Crippen molar-refractivity contribution in [2.75, 3.05) is 7.05 Å². The molecule has 106 valence electrons. The van der Waals surface area contributed by atoms with Crippen LogP contribution in [0.5, 0.6) is 0 Å². The second-order valence-electron chi connectivity index (χ2n) is 4.50. The molecular weight excluding hydrogens is 265 g/mol. The molecule has 0 amide bonds. The van der Waals surface area contributed by atoms with E-state index >= 15 is 0 Å². The van der Waals surface area contributed by atoms with Crippen molar-refractivity contribution in [3.63, 3.8) is 0 Å². The van der Waals surface area contributed by atoms with Crippen LogP contribution in [-0.4, -0.2) is 28.7 Å². The summed E-state index contributed by atoms with van der Waals surface area (Å²) in [5.41, 5.74) is 1.57. The topological polar surface area (TPSA) is 86.6 Å². The van der Waals surface area contributed by atoms with E-state index in [1.807, 2.05) is 6.92 Å². The number of rotatable bonds is 7. The Morgan fingerprint density at radius 2 is 1.79 bits per heavy atom. The standard InChI is InChI=1S/C13H20NO4P/c1-3-13(15)12(14-2)8-10-4-6-11(7-5-10)9-19(16,17)18/h4-7,12,14H,3,8-9H2,1-2H3,(H2,16,17,18). The summed E-state index contributed by atoms with van der Waals surface area (Å²) in [6, 6.07) is 6.78. The third-order valence-corrected chi connectivity index (χ3v) is 3.71. The van der Waals surface area contributed by atoms with Crippen molar-refractivity contribution in [3.05, 3.63) is 35.4 Å². The van der Waals surface area contributed by atoms with Crippen molar-refractivity contribution < 1.29 is 19.1 Å². The zero-order valence-corrected chi connectivity index (χ0v) is 12.1. The molecule has 0 aromatic heterocycles. The lowest BCUT2D eigenvalue weighted by Gasteiger charge is -2.14. The van der Waals surface area contributed by atoms with Gasteiger partial charge in [0.15, 0.2) is 0 Å². The van der Waals surface area contributed by atoms with Gasteiger partial charge in [0.25, 0.3) is 0 Å². The number of hydrogen-bond acceptors (Lipinski definition) is 3. The van der Waals surface area contributed by atoms with Gasteiger partial charge in [-0.2, -0.15) is 0 Å². The molecule has 3 N–H and O–H groups in total. The van der Waals surface area contributed by atoms with E-state index in [0.717, 1.165) is 5.56 Å². The van der Waals surface area contributed by atoms with Crippen LogP contribution in [-0.2, 0) is 21.9 Å². The molecule has 0 radical (unpaired) electrons. The van der Waals surface area contributed by atoms with Crippen LogP contribution in [0.2, 0.25) is 0 Å². The average Bonchev–Trinajstić information content (AvgIpc) is 2.35. The van der Waals surface area contributed by atoms with Crippen LogP contribution in [0.3, 0.4) is 0 Å². The van der Waals surface area contributed by atoms with Gasteiger partial charge in [0, 0.05) is 6.42 Å². The number of hydrogen-bond donors (Lipinski definition) is 3. The zero-order valence-electron chi connectivity index (χ0n) is 11.2. The molecule has 6 heteroatoms. The van der Waals surface area contributed by atoms with E-state index in [-0.39, 0.29) is 18.0 Å². The Labute approximate surface area is 113 Å². The number of benzene rings is 1. The molecule has 0 bridgehead atoms. The lowest BCUT2D eigenvalue weighted by molar-refractivity contribution is -0.120. The molecule has 1 rings (SSSR count). The molecule has 19 heavy (non-hydrogen) atoms. The van der Waals surface area contributed by atoms with Crippen molar-refractivity contribution in [2.45, 2.75) is 32.0 Å². The van der Waals surface area contributed by atoms with Gasteiger partial charge in [-0.1, -0.05) is 31.2 Å². The molecule has 0 saturated heterocycles. The molecule has 1 aromatic rings. The van der Waals surface area contributed by atoms with Crippen LogP contribution in [0, 0.1) is 0 Å². The highest BCUT2D eigenvalue weighted by atomic mass is 31.2. The Morgan fingerprint density at radius 1 is 1.26 bits per heavy atom. The third-order valence-electron chi connectivity index (χ3n) is 2.94. The fraction of sp³-hybridized carbons (Fsp3) is 0.462. The maximum Gasteiger partial charge on any atom is 0.329 e. The summed E-state index contributed by atoms with van der Waals surface area (Å²) in [5, 5.41) is 2.98. The van der Waals surface area contributed by atoms with Gasteiger partial charge in [0.05, 0.1) is 12.2 Å². The van der Waals surface area contributed by atoms with Gasteiger partial charge in [-0.15, -0.1) is 0 Å². The van der Waals surface area contributed by atoms with Crippen molar-refractivity contribution in [2.24, 2.45) is 0 Å². The molecule has 0 saturated carbocycles. The van der Waals surface area contributed by atoms with E-state index in [2.05, 4.69) is 5.32 Å². The van der Waals surface area contributed by atoms with E-state index in [0.29, 0.717) is 18.4 Å². The monoisotopic (exact) mass is 285 g/mol. The predicted molar refractivity (Wildman–Crippen MR) is 74.0 cm³/mol. The summed E-state index contributed by atoms with van der Waals surface area (Å²) in [6.07, 6.45) is 0.817. The Balaban J connectivity index is 2.71. The predicted octanol–water partition coefficient (Wildman–Crippen LogP) is 1.47. The Bertz CT molecular complexity index is 466. The van der Waals surface area contributed by atoms with Crippen molar-refractivity contribution >= 4 is 13.4 Å². The molecule has 1 aromatic carbocycles. The van der Waals surface area contributed by atoms with Crippen LogP contribution in [0.4, 0.5) is 0 Å². The summed E-state index contributed by atoms with van der Waals surface area (Å²) in [5.74, 6) is 0.154. The van der Waals surface area contributed by atoms with E-state index in [9.17, 15) is 9.36 Å². The zero-order chi connectivity index (χ0) is 14.5. The number of Topliss-reactive ketones (excluding diaryl/α,β-unsaturated/α-hetero) is 1. The summed E-state index contributed by atoms with van der Waals surface area (Å²) in [6.45, 7) is 1.83. The minimum Gasteiger partial charge on any atom is -0.324 e. The maximum atomic E-state index is 11.6. The highest BCUT2D eigenvalue weighted by molar-refractivity contribution is 7.50. The molecule has 1 unspecified atom stereocenters. The fourth-order valence-electron chi connectivity index (χ4n) is 1.88. The van der Waals surface area contributed by atoms with Gasteiger partial charge in [-0.25, -0.2) is 0 Å². The summed E-state index contributed by atoms with van der Waals surface area (Å²) in [7, 11) is -2.27. The van der Waals surface area contributed by atoms with E-state index < -0.39 is 7.60 Å². The molecule has 0 aliphatic heterocycles. The van der Waals surface area contributed by atoms with Gasteiger partial charge in [-0.3, -0.25) is 9.36 Å². The minimum atomic E-state index is -4.02. The Hall–Kier alpha value is -1.00. The third kappa shape index (κ3) is 5.66. The van der Waals surface area contributed by atoms with Gasteiger partial charge in [0.1, 0.15) is 5.78 Å². The summed E-state index contributed by atoms with van der Waals surface area (Å²) in [4.78, 5) is 29.4. The Morgan fingerprint density at radius 3 is 2.21 bits per heavy atom. The molecule has 0 aliphatic carbocycles. The summed E-state index contributed by atoms with van der Waals surface area (Å²) < 4.78 is 10.9. The number of carbonyl (C=O) groups excluding carboxylic acids is 1. The van der Waals surface area contributed by atoms with E-state index in [1.165, 1.54) is 0 Å². The summed E-state index contributed by atoms with van der Waals surface area (Å²) >= 11 is 0. The smallest absolute Gasteiger partial charge is 0.324 e. The number of ketones is 1. The lowest BCUT2D eigenvalue weighted by atomic mass is 10.0. The van der Waals surface area contributed by atoms with Crippen LogP contribution < -0.4 is 5.32 Å².